The van der Waals surface area contributed by atoms with Crippen LogP contribution in [0.3, 0.4) is 0 Å². The summed E-state index contributed by atoms with van der Waals surface area (Å²) in [7, 11) is 0. The summed E-state index contributed by atoms with van der Waals surface area (Å²) in [6.45, 7) is 4.20. The molecule has 24 heavy (non-hydrogen) atoms. The maximum absolute atomic E-state index is 12.6. The van der Waals surface area contributed by atoms with Gasteiger partial charge in [-0.2, -0.15) is 0 Å². The summed E-state index contributed by atoms with van der Waals surface area (Å²) in [5.74, 6) is 0.745. The first kappa shape index (κ1) is 17.3. The third-order valence-electron chi connectivity index (χ3n) is 5.51. The maximum Gasteiger partial charge on any atom is 0.220 e. The molecule has 2 heterocycles. The first-order chi connectivity index (χ1) is 11.5. The molecule has 3 atom stereocenters. The van der Waals surface area contributed by atoms with Gasteiger partial charge >= 0.3 is 0 Å². The summed E-state index contributed by atoms with van der Waals surface area (Å²) >= 11 is 0. The van der Waals surface area contributed by atoms with Crippen molar-refractivity contribution in [2.24, 2.45) is 11.8 Å². The number of nitrogens with one attached hydrogen (secondary N) is 3. The van der Waals surface area contributed by atoms with E-state index in [-0.39, 0.29) is 30.1 Å². The van der Waals surface area contributed by atoms with Crippen molar-refractivity contribution in [3.63, 3.8) is 0 Å². The lowest BCUT2D eigenvalue weighted by atomic mass is 9.75. The SMILES string of the molecule is CC1NNC(C)C1CC(=O)NC(Cc1ccncc1)C1CC(O)C1. The van der Waals surface area contributed by atoms with Gasteiger partial charge in [-0.1, -0.05) is 0 Å². The lowest BCUT2D eigenvalue weighted by Crippen LogP contribution is -2.49. The number of carbonyl (C=O) groups excluding carboxylic acids is 1. The molecule has 1 aliphatic carbocycles. The van der Waals surface area contributed by atoms with Gasteiger partial charge in [-0.25, -0.2) is 0 Å². The van der Waals surface area contributed by atoms with E-state index in [2.05, 4.69) is 35.0 Å². The van der Waals surface area contributed by atoms with Crippen LogP contribution < -0.4 is 16.2 Å². The molecule has 1 saturated heterocycles. The van der Waals surface area contributed by atoms with Crippen LogP contribution >= 0.6 is 0 Å². The number of aliphatic hydroxyl groups excluding tert-OH is 1. The fourth-order valence-electron chi connectivity index (χ4n) is 3.81. The standard InChI is InChI=1S/C18H28N4O2/c1-11-16(12(2)22-21-11)10-18(24)20-17(14-8-15(23)9-14)7-13-3-5-19-6-4-13/h3-6,11-12,14-17,21-23H,7-10H2,1-2H3,(H,20,24). The summed E-state index contributed by atoms with van der Waals surface area (Å²) in [5.41, 5.74) is 7.57. The van der Waals surface area contributed by atoms with E-state index in [0.29, 0.717) is 18.3 Å². The van der Waals surface area contributed by atoms with Gasteiger partial charge in [-0.05, 0) is 56.7 Å². The Morgan fingerprint density at radius 3 is 2.50 bits per heavy atom. The lowest BCUT2D eigenvalue weighted by Gasteiger charge is -2.38. The van der Waals surface area contributed by atoms with Gasteiger partial charge in [-0.3, -0.25) is 20.6 Å². The molecule has 3 rings (SSSR count). The van der Waals surface area contributed by atoms with Crippen molar-refractivity contribution >= 4 is 5.91 Å². The number of pyridine rings is 1. The second-order valence-corrected chi connectivity index (χ2v) is 7.35. The van der Waals surface area contributed by atoms with Crippen molar-refractivity contribution in [2.45, 2.75) is 63.8 Å². The molecule has 0 spiro atoms. The second kappa shape index (κ2) is 7.59. The predicted molar refractivity (Wildman–Crippen MR) is 91.9 cm³/mol. The molecule has 3 unspecified atom stereocenters. The molecule has 132 valence electrons. The quantitative estimate of drug-likeness (QED) is 0.618. The Hall–Kier alpha value is -1.50. The number of aliphatic hydroxyl groups is 1. The molecule has 6 nitrogen and oxygen atoms in total. The average molecular weight is 332 g/mol. The number of hydrogen-bond acceptors (Lipinski definition) is 5. The minimum atomic E-state index is -0.213. The first-order valence-electron chi connectivity index (χ1n) is 8.90. The van der Waals surface area contributed by atoms with E-state index in [1.807, 2.05) is 12.1 Å². The zero-order valence-corrected chi connectivity index (χ0v) is 14.4. The van der Waals surface area contributed by atoms with E-state index >= 15 is 0 Å². The number of nitrogens with zero attached hydrogens (tertiary/aromatic N) is 1. The Kier molecular flexibility index (Phi) is 5.48. The first-order valence-corrected chi connectivity index (χ1v) is 8.90. The van der Waals surface area contributed by atoms with Crippen LogP contribution in [0.25, 0.3) is 0 Å². The predicted octanol–water partition coefficient (Wildman–Crippen LogP) is 0.771. The highest BCUT2D eigenvalue weighted by Gasteiger charge is 2.36. The maximum atomic E-state index is 12.6. The minimum absolute atomic E-state index is 0.0798. The Bertz CT molecular complexity index is 537. The fourth-order valence-corrected chi connectivity index (χ4v) is 3.81. The van der Waals surface area contributed by atoms with Crippen LogP contribution in [0.4, 0.5) is 0 Å². The van der Waals surface area contributed by atoms with Crippen LogP contribution in [0.15, 0.2) is 24.5 Å². The van der Waals surface area contributed by atoms with Gasteiger partial charge < -0.3 is 10.4 Å². The van der Waals surface area contributed by atoms with Gasteiger partial charge in [0.2, 0.25) is 5.91 Å². The Morgan fingerprint density at radius 2 is 1.92 bits per heavy atom. The molecule has 0 aromatic carbocycles. The fraction of sp³-hybridized carbons (Fsp3) is 0.667. The molecule has 1 saturated carbocycles. The third-order valence-corrected chi connectivity index (χ3v) is 5.51. The molecule has 1 amide bonds. The van der Waals surface area contributed by atoms with Crippen LogP contribution in [0.1, 0.15) is 38.7 Å². The third kappa shape index (κ3) is 4.12. The number of amides is 1. The van der Waals surface area contributed by atoms with Crippen LogP contribution in [0, 0.1) is 11.8 Å². The van der Waals surface area contributed by atoms with Crippen molar-refractivity contribution in [1.82, 2.24) is 21.2 Å². The lowest BCUT2D eigenvalue weighted by molar-refractivity contribution is -0.124. The molecular weight excluding hydrogens is 304 g/mol. The largest absolute Gasteiger partial charge is 0.393 e. The number of hydrazine groups is 1. The van der Waals surface area contributed by atoms with E-state index in [9.17, 15) is 9.90 Å². The number of hydrogen-bond donors (Lipinski definition) is 4. The highest BCUT2D eigenvalue weighted by atomic mass is 16.3. The van der Waals surface area contributed by atoms with Crippen molar-refractivity contribution in [1.29, 1.82) is 0 Å². The molecule has 6 heteroatoms. The van der Waals surface area contributed by atoms with Gasteiger partial charge in [0.25, 0.3) is 0 Å². The van der Waals surface area contributed by atoms with Crippen LogP contribution in [-0.4, -0.2) is 40.2 Å². The molecule has 1 aromatic rings. The monoisotopic (exact) mass is 332 g/mol. The van der Waals surface area contributed by atoms with E-state index in [0.717, 1.165) is 19.3 Å². The Labute approximate surface area is 143 Å². The van der Waals surface area contributed by atoms with Crippen molar-refractivity contribution < 1.29 is 9.90 Å². The average Bonchev–Trinajstić information content (AvgIpc) is 2.84. The van der Waals surface area contributed by atoms with Gasteiger partial charge in [0.1, 0.15) is 0 Å². The summed E-state index contributed by atoms with van der Waals surface area (Å²) in [5, 5.41) is 12.9. The van der Waals surface area contributed by atoms with Crippen LogP contribution in [0.2, 0.25) is 0 Å². The molecule has 1 aromatic heterocycles. The van der Waals surface area contributed by atoms with E-state index in [1.165, 1.54) is 5.56 Å². The van der Waals surface area contributed by atoms with E-state index in [1.54, 1.807) is 12.4 Å². The Balaban J connectivity index is 1.59. The number of rotatable bonds is 6. The van der Waals surface area contributed by atoms with Crippen molar-refractivity contribution in [3.05, 3.63) is 30.1 Å². The number of carbonyl (C=O) groups is 1. The molecule has 2 fully saturated rings. The molecular formula is C18H28N4O2. The molecule has 2 aliphatic rings. The summed E-state index contributed by atoms with van der Waals surface area (Å²) in [6, 6.07) is 4.63. The summed E-state index contributed by atoms with van der Waals surface area (Å²) in [6.07, 6.45) is 6.20. The van der Waals surface area contributed by atoms with Gasteiger partial charge in [0.05, 0.1) is 6.10 Å². The van der Waals surface area contributed by atoms with Crippen LogP contribution in [0.5, 0.6) is 0 Å². The second-order valence-electron chi connectivity index (χ2n) is 7.35. The van der Waals surface area contributed by atoms with Gasteiger partial charge in [0.15, 0.2) is 0 Å². The minimum Gasteiger partial charge on any atom is -0.393 e. The summed E-state index contributed by atoms with van der Waals surface area (Å²) in [4.78, 5) is 16.6. The Morgan fingerprint density at radius 1 is 1.29 bits per heavy atom. The zero-order chi connectivity index (χ0) is 17.1. The topological polar surface area (TPSA) is 86.3 Å². The summed E-state index contributed by atoms with van der Waals surface area (Å²) < 4.78 is 0. The number of aromatic nitrogens is 1. The molecule has 0 bridgehead atoms. The van der Waals surface area contributed by atoms with E-state index in [4.69, 9.17) is 0 Å². The van der Waals surface area contributed by atoms with Gasteiger partial charge in [-0.15, -0.1) is 0 Å². The molecule has 4 N–H and O–H groups in total. The normalized spacial score (nSPS) is 33.7. The van der Waals surface area contributed by atoms with Crippen molar-refractivity contribution in [2.75, 3.05) is 0 Å². The molecule has 0 radical (unpaired) electrons. The van der Waals surface area contributed by atoms with E-state index < -0.39 is 0 Å². The smallest absolute Gasteiger partial charge is 0.220 e. The molecule has 1 aliphatic heterocycles. The highest BCUT2D eigenvalue weighted by molar-refractivity contribution is 5.76. The van der Waals surface area contributed by atoms with Gasteiger partial charge in [0, 0.05) is 42.9 Å². The van der Waals surface area contributed by atoms with Crippen molar-refractivity contribution in [3.8, 4) is 0 Å². The van der Waals surface area contributed by atoms with Crippen LogP contribution in [-0.2, 0) is 11.2 Å². The highest BCUT2D eigenvalue weighted by Crippen LogP contribution is 2.32. The zero-order valence-electron chi connectivity index (χ0n) is 14.4.